The largest absolute Gasteiger partial charge is 0.376 e. The molecule has 7 heteroatoms. The van der Waals surface area contributed by atoms with Gasteiger partial charge in [-0.05, 0) is 51.1 Å². The summed E-state index contributed by atoms with van der Waals surface area (Å²) in [5, 5.41) is 10.4. The minimum Gasteiger partial charge on any atom is -0.376 e. The normalized spacial score (nSPS) is 49.0. The van der Waals surface area contributed by atoms with Crippen LogP contribution in [0.3, 0.4) is 0 Å². The molecule has 3 unspecified atom stereocenters. The van der Waals surface area contributed by atoms with Gasteiger partial charge in [-0.2, -0.15) is 0 Å². The maximum absolute atomic E-state index is 10.4. The molecular formula is C21H37NO6. The number of hydrogen-bond donors (Lipinski definition) is 1. The third-order valence-electron chi connectivity index (χ3n) is 7.74. The number of hydrogen-bond acceptors (Lipinski definition) is 7. The number of aliphatic hydroxyl groups excluding tert-OH is 1. The van der Waals surface area contributed by atoms with Gasteiger partial charge in [0.05, 0.1) is 6.61 Å². The Bertz CT molecular complexity index is 559. The third-order valence-corrected chi connectivity index (χ3v) is 7.74. The topological polar surface area (TPSA) is 69.6 Å². The zero-order chi connectivity index (χ0) is 20.1. The van der Waals surface area contributed by atoms with Gasteiger partial charge in [0, 0.05) is 18.3 Å². The molecular weight excluding hydrogens is 362 g/mol. The van der Waals surface area contributed by atoms with Crippen LogP contribution < -0.4 is 0 Å². The zero-order valence-electron chi connectivity index (χ0n) is 17.9. The molecule has 162 valence electrons. The Morgan fingerprint density at radius 3 is 2.57 bits per heavy atom. The molecule has 1 saturated carbocycles. The summed E-state index contributed by atoms with van der Waals surface area (Å²) in [6.45, 7) is 12.3. The second kappa shape index (κ2) is 7.76. The number of nitrogens with zero attached hydrogens (tertiary/aromatic N) is 1. The van der Waals surface area contributed by atoms with Crippen molar-refractivity contribution in [1.29, 1.82) is 0 Å². The van der Waals surface area contributed by atoms with Gasteiger partial charge in [-0.1, -0.05) is 27.7 Å². The summed E-state index contributed by atoms with van der Waals surface area (Å²) in [6, 6.07) is 0. The van der Waals surface area contributed by atoms with E-state index in [9.17, 15) is 5.11 Å². The number of rotatable bonds is 6. The Morgan fingerprint density at radius 2 is 1.86 bits per heavy atom. The molecule has 0 aromatic rings. The molecule has 0 aromatic carbocycles. The van der Waals surface area contributed by atoms with Crippen molar-refractivity contribution in [3.05, 3.63) is 0 Å². The fraction of sp³-hybridized carbons (Fsp3) is 1.00. The van der Waals surface area contributed by atoms with Crippen molar-refractivity contribution >= 4 is 0 Å². The van der Waals surface area contributed by atoms with Gasteiger partial charge in [-0.3, -0.25) is 4.90 Å². The first-order chi connectivity index (χ1) is 13.3. The fourth-order valence-corrected chi connectivity index (χ4v) is 5.99. The zero-order valence-corrected chi connectivity index (χ0v) is 17.9. The smallest absolute Gasteiger partial charge is 0.201 e. The second-order valence-electron chi connectivity index (χ2n) is 9.31. The average molecular weight is 400 g/mol. The molecule has 4 aliphatic heterocycles. The predicted molar refractivity (Wildman–Crippen MR) is 102 cm³/mol. The van der Waals surface area contributed by atoms with Crippen LogP contribution in [0, 0.1) is 23.7 Å². The van der Waals surface area contributed by atoms with Crippen molar-refractivity contribution in [1.82, 2.24) is 4.90 Å². The molecule has 5 aliphatic rings. The van der Waals surface area contributed by atoms with Crippen LogP contribution in [0.2, 0.25) is 0 Å². The van der Waals surface area contributed by atoms with Crippen molar-refractivity contribution in [3.8, 4) is 0 Å². The lowest BCUT2D eigenvalue weighted by Crippen LogP contribution is -2.70. The van der Waals surface area contributed by atoms with Gasteiger partial charge in [0.2, 0.25) is 5.79 Å². The first-order valence-electron chi connectivity index (χ1n) is 11.1. The number of fused-ring (bicyclic) bond motifs is 2. The molecule has 4 heterocycles. The van der Waals surface area contributed by atoms with Gasteiger partial charge in [0.15, 0.2) is 18.2 Å². The Labute approximate surface area is 168 Å². The molecule has 5 fully saturated rings. The summed E-state index contributed by atoms with van der Waals surface area (Å²) in [7, 11) is 0. The summed E-state index contributed by atoms with van der Waals surface area (Å²) >= 11 is 0. The fourth-order valence-electron chi connectivity index (χ4n) is 5.99. The van der Waals surface area contributed by atoms with Gasteiger partial charge in [0.1, 0.15) is 6.23 Å². The van der Waals surface area contributed by atoms with E-state index in [1.165, 1.54) is 6.42 Å². The predicted octanol–water partition coefficient (Wildman–Crippen LogP) is 2.87. The number of ether oxygens (including phenoxy) is 3. The van der Waals surface area contributed by atoms with Gasteiger partial charge in [-0.25, -0.2) is 9.78 Å². The molecule has 1 aliphatic carbocycles. The number of likely N-dealkylation sites (N-methyl/N-ethyl adjacent to an activating group) is 1. The quantitative estimate of drug-likeness (QED) is 0.544. The van der Waals surface area contributed by atoms with Crippen LogP contribution in [-0.4, -0.2) is 59.9 Å². The van der Waals surface area contributed by atoms with Crippen LogP contribution in [0.15, 0.2) is 0 Å². The molecule has 28 heavy (non-hydrogen) atoms. The average Bonchev–Trinajstić information content (AvgIpc) is 2.90. The first-order valence-corrected chi connectivity index (χ1v) is 11.1. The van der Waals surface area contributed by atoms with Crippen molar-refractivity contribution in [2.75, 3.05) is 19.7 Å². The van der Waals surface area contributed by atoms with Crippen LogP contribution in [0.4, 0.5) is 0 Å². The maximum atomic E-state index is 10.4. The molecule has 5 rings (SSSR count). The molecule has 7 nitrogen and oxygen atoms in total. The van der Waals surface area contributed by atoms with Crippen LogP contribution >= 0.6 is 0 Å². The van der Waals surface area contributed by atoms with E-state index in [2.05, 4.69) is 13.8 Å². The molecule has 0 amide bonds. The van der Waals surface area contributed by atoms with E-state index in [-0.39, 0.29) is 18.4 Å². The SMILES string of the molecule is CCN(CC)C(O)CO[C@H]1O[C@@H]2O[C@@]3(C)CCC4[C@H](C)CCC([C@H]1C)[C@]42OO3. The molecule has 1 spiro atoms. The van der Waals surface area contributed by atoms with Crippen molar-refractivity contribution < 1.29 is 29.1 Å². The van der Waals surface area contributed by atoms with Crippen LogP contribution in [0.1, 0.15) is 60.3 Å². The molecule has 1 N–H and O–H groups in total. The summed E-state index contributed by atoms with van der Waals surface area (Å²) in [5.41, 5.74) is -0.565. The Balaban J connectivity index is 1.54. The maximum Gasteiger partial charge on any atom is 0.201 e. The highest BCUT2D eigenvalue weighted by molar-refractivity contribution is 5.09. The highest BCUT2D eigenvalue weighted by atomic mass is 17.3. The minimum absolute atomic E-state index is 0.129. The Kier molecular flexibility index (Phi) is 5.81. The highest BCUT2D eigenvalue weighted by Crippen LogP contribution is 2.60. The lowest BCUT2D eigenvalue weighted by atomic mass is 9.58. The van der Waals surface area contributed by atoms with Crippen molar-refractivity contribution in [2.45, 2.75) is 90.5 Å². The van der Waals surface area contributed by atoms with E-state index in [1.54, 1.807) is 0 Å². The van der Waals surface area contributed by atoms with E-state index >= 15 is 0 Å². The summed E-state index contributed by atoms with van der Waals surface area (Å²) < 4.78 is 18.8. The minimum atomic E-state index is -0.774. The van der Waals surface area contributed by atoms with Gasteiger partial charge in [-0.15, -0.1) is 0 Å². The third kappa shape index (κ3) is 3.23. The van der Waals surface area contributed by atoms with E-state index in [4.69, 9.17) is 24.0 Å². The van der Waals surface area contributed by atoms with Crippen molar-refractivity contribution in [3.63, 3.8) is 0 Å². The molecule has 9 atom stereocenters. The van der Waals surface area contributed by atoms with Crippen molar-refractivity contribution in [2.24, 2.45) is 23.7 Å². The van der Waals surface area contributed by atoms with Gasteiger partial charge < -0.3 is 19.3 Å². The Morgan fingerprint density at radius 1 is 1.11 bits per heavy atom. The van der Waals surface area contributed by atoms with Crippen LogP contribution in [0.25, 0.3) is 0 Å². The molecule has 0 aromatic heterocycles. The van der Waals surface area contributed by atoms with E-state index < -0.39 is 30.2 Å². The first kappa shape index (κ1) is 21.0. The molecule has 0 radical (unpaired) electrons. The van der Waals surface area contributed by atoms with Crippen LogP contribution in [-0.2, 0) is 24.0 Å². The standard InChI is InChI=1S/C21H37NO6/c1-6-22(7-2)17(23)12-24-18-14(4)16-9-8-13(3)15-10-11-20(5)26-19(25-18)21(15,16)28-27-20/h13-19,23H,6-12H2,1-5H3/t13-,14-,15?,16?,17?,18+,19-,20-,21-/m1/s1. The second-order valence-corrected chi connectivity index (χ2v) is 9.31. The summed E-state index contributed by atoms with van der Waals surface area (Å²) in [4.78, 5) is 13.9. The molecule has 2 bridgehead atoms. The van der Waals surface area contributed by atoms with E-state index in [0.29, 0.717) is 11.8 Å². The summed E-state index contributed by atoms with van der Waals surface area (Å²) in [6.07, 6.45) is 2.47. The lowest BCUT2D eigenvalue weighted by molar-refractivity contribution is -0.577. The monoisotopic (exact) mass is 399 g/mol. The van der Waals surface area contributed by atoms with Gasteiger partial charge in [0.25, 0.3) is 0 Å². The Hall–Kier alpha value is -0.280. The molecule has 4 saturated heterocycles. The van der Waals surface area contributed by atoms with E-state index in [0.717, 1.165) is 32.4 Å². The van der Waals surface area contributed by atoms with Gasteiger partial charge >= 0.3 is 0 Å². The van der Waals surface area contributed by atoms with Crippen LogP contribution in [0.5, 0.6) is 0 Å². The number of aliphatic hydroxyl groups is 1. The highest BCUT2D eigenvalue weighted by Gasteiger charge is 2.69. The van der Waals surface area contributed by atoms with E-state index in [1.807, 2.05) is 25.7 Å². The summed E-state index contributed by atoms with van der Waals surface area (Å²) in [5.74, 6) is 0.494. The lowest BCUT2D eigenvalue weighted by Gasteiger charge is -2.60.